The Hall–Kier alpha value is -2.60. The molecule has 0 aliphatic carbocycles. The van der Waals surface area contributed by atoms with E-state index in [1.807, 2.05) is 6.07 Å². The van der Waals surface area contributed by atoms with E-state index in [1.54, 1.807) is 24.2 Å². The number of piperidine rings is 2. The van der Waals surface area contributed by atoms with Gasteiger partial charge in [0, 0.05) is 38.8 Å². The van der Waals surface area contributed by atoms with Gasteiger partial charge in [-0.1, -0.05) is 30.3 Å². The number of nitrogens with one attached hydrogen (secondary N) is 1. The number of hydrogen-bond donors (Lipinski definition) is 1. The monoisotopic (exact) mass is 409 g/mol. The van der Waals surface area contributed by atoms with Crippen LogP contribution in [0.3, 0.4) is 0 Å². The maximum Gasteiger partial charge on any atom is 0.257 e. The van der Waals surface area contributed by atoms with Crippen LogP contribution in [-0.2, 0) is 11.3 Å². The van der Waals surface area contributed by atoms with E-state index in [9.17, 15) is 9.59 Å². The van der Waals surface area contributed by atoms with E-state index in [0.29, 0.717) is 24.4 Å². The molecule has 2 fully saturated rings. The zero-order chi connectivity index (χ0) is 20.9. The third kappa shape index (κ3) is 4.93. The Morgan fingerprint density at radius 1 is 1.07 bits per heavy atom. The summed E-state index contributed by atoms with van der Waals surface area (Å²) in [6.45, 7) is 5.94. The first-order valence-corrected chi connectivity index (χ1v) is 11.0. The van der Waals surface area contributed by atoms with Crippen molar-refractivity contribution in [2.75, 3.05) is 26.2 Å². The molecule has 1 N–H and O–H groups in total. The van der Waals surface area contributed by atoms with Crippen LogP contribution in [0.4, 0.5) is 0 Å². The van der Waals surface area contributed by atoms with Crippen LogP contribution in [-0.4, -0.2) is 53.8 Å². The third-order valence-corrected chi connectivity index (χ3v) is 6.35. The molecule has 160 valence electrons. The van der Waals surface area contributed by atoms with Crippen LogP contribution in [0, 0.1) is 12.8 Å². The summed E-state index contributed by atoms with van der Waals surface area (Å²) in [5.41, 5.74) is 1.93. The molecule has 6 heteroatoms. The zero-order valence-electron chi connectivity index (χ0n) is 17.7. The van der Waals surface area contributed by atoms with E-state index in [2.05, 4.69) is 34.5 Å². The van der Waals surface area contributed by atoms with E-state index < -0.39 is 0 Å². The van der Waals surface area contributed by atoms with Crippen LogP contribution in [0.5, 0.6) is 0 Å². The van der Waals surface area contributed by atoms with Gasteiger partial charge in [0.05, 0.1) is 17.7 Å². The second-order valence-electron chi connectivity index (χ2n) is 8.53. The summed E-state index contributed by atoms with van der Waals surface area (Å²) in [5.74, 6) is 0.567. The summed E-state index contributed by atoms with van der Waals surface area (Å²) in [6.07, 6.45) is 5.19. The second-order valence-corrected chi connectivity index (χ2v) is 8.53. The quantitative estimate of drug-likeness (QED) is 0.824. The van der Waals surface area contributed by atoms with Crippen LogP contribution < -0.4 is 5.32 Å². The largest absolute Gasteiger partial charge is 0.469 e. The van der Waals surface area contributed by atoms with Gasteiger partial charge >= 0.3 is 0 Å². The first-order valence-electron chi connectivity index (χ1n) is 11.0. The second kappa shape index (κ2) is 9.47. The van der Waals surface area contributed by atoms with Crippen LogP contribution in [0.1, 0.15) is 47.4 Å². The molecule has 3 heterocycles. The van der Waals surface area contributed by atoms with Crippen molar-refractivity contribution in [1.29, 1.82) is 0 Å². The van der Waals surface area contributed by atoms with Crippen molar-refractivity contribution in [3.05, 3.63) is 59.5 Å². The molecule has 0 radical (unpaired) electrons. The summed E-state index contributed by atoms with van der Waals surface area (Å²) >= 11 is 0. The molecule has 1 aromatic carbocycles. The van der Waals surface area contributed by atoms with Crippen molar-refractivity contribution in [2.24, 2.45) is 5.92 Å². The molecular formula is C24H31N3O3. The standard InChI is InChI=1S/C24H31N3O3/c1-18-22(11-15-30-18)24(29)27-12-5-8-20(17-27)23(28)25-21-9-13-26(14-10-21)16-19-6-3-2-4-7-19/h2-4,6-7,11,15,20-21H,5,8-10,12-14,16-17H2,1H3,(H,25,28). The SMILES string of the molecule is Cc1occc1C(=O)N1CCCC(C(=O)NC2CCN(Cc3ccccc3)CC2)C1. The Morgan fingerprint density at radius 3 is 2.53 bits per heavy atom. The highest BCUT2D eigenvalue weighted by molar-refractivity contribution is 5.95. The number of rotatable bonds is 5. The first-order chi connectivity index (χ1) is 14.6. The van der Waals surface area contributed by atoms with Gasteiger partial charge in [-0.05, 0) is 44.2 Å². The predicted molar refractivity (Wildman–Crippen MR) is 115 cm³/mol. The number of amides is 2. The number of furan rings is 1. The normalized spacial score (nSPS) is 20.8. The highest BCUT2D eigenvalue weighted by Crippen LogP contribution is 2.22. The molecule has 1 unspecified atom stereocenters. The minimum atomic E-state index is -0.128. The van der Waals surface area contributed by atoms with Crippen molar-refractivity contribution >= 4 is 11.8 Å². The molecule has 2 saturated heterocycles. The van der Waals surface area contributed by atoms with Crippen LogP contribution in [0.2, 0.25) is 0 Å². The number of benzene rings is 1. The molecule has 2 aliphatic heterocycles. The predicted octanol–water partition coefficient (Wildman–Crippen LogP) is 3.22. The van der Waals surface area contributed by atoms with E-state index >= 15 is 0 Å². The lowest BCUT2D eigenvalue weighted by Crippen LogP contribution is -2.50. The van der Waals surface area contributed by atoms with Crippen molar-refractivity contribution in [3.63, 3.8) is 0 Å². The van der Waals surface area contributed by atoms with E-state index in [4.69, 9.17) is 4.42 Å². The number of aryl methyl sites for hydroxylation is 1. The van der Waals surface area contributed by atoms with Gasteiger partial charge in [0.1, 0.15) is 5.76 Å². The van der Waals surface area contributed by atoms with Gasteiger partial charge in [-0.2, -0.15) is 0 Å². The Kier molecular flexibility index (Phi) is 6.53. The van der Waals surface area contributed by atoms with Gasteiger partial charge in [-0.3, -0.25) is 14.5 Å². The average molecular weight is 410 g/mol. The fourth-order valence-electron chi connectivity index (χ4n) is 4.55. The van der Waals surface area contributed by atoms with Crippen LogP contribution in [0.15, 0.2) is 47.1 Å². The van der Waals surface area contributed by atoms with E-state index in [0.717, 1.165) is 45.3 Å². The van der Waals surface area contributed by atoms with Crippen LogP contribution in [0.25, 0.3) is 0 Å². The van der Waals surface area contributed by atoms with Gasteiger partial charge in [0.25, 0.3) is 5.91 Å². The molecular weight excluding hydrogens is 378 g/mol. The van der Waals surface area contributed by atoms with Gasteiger partial charge in [0.2, 0.25) is 5.91 Å². The Bertz CT molecular complexity index is 856. The third-order valence-electron chi connectivity index (χ3n) is 6.35. The van der Waals surface area contributed by atoms with Crippen molar-refractivity contribution < 1.29 is 14.0 Å². The maximum absolute atomic E-state index is 12.9. The molecule has 2 amide bonds. The molecule has 2 aliphatic rings. The van der Waals surface area contributed by atoms with Gasteiger partial charge in [-0.25, -0.2) is 0 Å². The number of carbonyl (C=O) groups is 2. The molecule has 1 aromatic heterocycles. The minimum Gasteiger partial charge on any atom is -0.469 e. The highest BCUT2D eigenvalue weighted by Gasteiger charge is 2.31. The molecule has 0 saturated carbocycles. The number of nitrogens with zero attached hydrogens (tertiary/aromatic N) is 2. The smallest absolute Gasteiger partial charge is 0.257 e. The Morgan fingerprint density at radius 2 is 1.83 bits per heavy atom. The molecule has 30 heavy (non-hydrogen) atoms. The topological polar surface area (TPSA) is 65.8 Å². The summed E-state index contributed by atoms with van der Waals surface area (Å²) in [4.78, 5) is 29.9. The van der Waals surface area contributed by atoms with Crippen molar-refractivity contribution in [1.82, 2.24) is 15.1 Å². The first kappa shape index (κ1) is 20.7. The van der Waals surface area contributed by atoms with Gasteiger partial charge in [-0.15, -0.1) is 0 Å². The zero-order valence-corrected chi connectivity index (χ0v) is 17.7. The van der Waals surface area contributed by atoms with Crippen molar-refractivity contribution in [3.8, 4) is 0 Å². The summed E-state index contributed by atoms with van der Waals surface area (Å²) in [7, 11) is 0. The fraction of sp³-hybridized carbons (Fsp3) is 0.500. The lowest BCUT2D eigenvalue weighted by Gasteiger charge is -2.35. The lowest BCUT2D eigenvalue weighted by atomic mass is 9.95. The molecule has 0 spiro atoms. The van der Waals surface area contributed by atoms with E-state index in [-0.39, 0.29) is 23.8 Å². The molecule has 2 aromatic rings. The van der Waals surface area contributed by atoms with Gasteiger partial charge < -0.3 is 14.6 Å². The Balaban J connectivity index is 1.25. The maximum atomic E-state index is 12.9. The molecule has 6 nitrogen and oxygen atoms in total. The molecule has 4 rings (SSSR count). The van der Waals surface area contributed by atoms with Crippen molar-refractivity contribution in [2.45, 2.75) is 45.2 Å². The molecule has 1 atom stereocenters. The fourth-order valence-corrected chi connectivity index (χ4v) is 4.55. The highest BCUT2D eigenvalue weighted by atomic mass is 16.3. The summed E-state index contributed by atoms with van der Waals surface area (Å²) in [6, 6.07) is 12.5. The summed E-state index contributed by atoms with van der Waals surface area (Å²) < 4.78 is 5.27. The minimum absolute atomic E-state index is 0.0343. The average Bonchev–Trinajstić information content (AvgIpc) is 3.21. The van der Waals surface area contributed by atoms with Crippen LogP contribution >= 0.6 is 0 Å². The lowest BCUT2D eigenvalue weighted by molar-refractivity contribution is -0.127. The number of carbonyl (C=O) groups excluding carboxylic acids is 2. The Labute approximate surface area is 178 Å². The molecule has 0 bridgehead atoms. The van der Waals surface area contributed by atoms with Gasteiger partial charge in [0.15, 0.2) is 0 Å². The number of hydrogen-bond acceptors (Lipinski definition) is 4. The summed E-state index contributed by atoms with van der Waals surface area (Å²) in [5, 5.41) is 3.26. The number of likely N-dealkylation sites (tertiary alicyclic amines) is 2. The van der Waals surface area contributed by atoms with E-state index in [1.165, 1.54) is 5.56 Å².